The first kappa shape index (κ1) is 19.5. The van der Waals surface area contributed by atoms with Crippen molar-refractivity contribution in [3.05, 3.63) is 83.5 Å². The van der Waals surface area contributed by atoms with Gasteiger partial charge in [-0.1, -0.05) is 55.7 Å². The molecule has 0 radical (unpaired) electrons. The van der Waals surface area contributed by atoms with E-state index >= 15 is 0 Å². The van der Waals surface area contributed by atoms with Gasteiger partial charge in [-0.25, -0.2) is 4.79 Å². The van der Waals surface area contributed by atoms with E-state index in [0.717, 1.165) is 31.4 Å². The van der Waals surface area contributed by atoms with Crippen LogP contribution in [0.4, 0.5) is 0 Å². The topological polar surface area (TPSA) is 35.5 Å². The fourth-order valence-corrected chi connectivity index (χ4v) is 2.60. The number of carbonyl (C=O) groups excluding carboxylic acids is 1. The summed E-state index contributed by atoms with van der Waals surface area (Å²) in [6, 6.07) is 8.37. The van der Waals surface area contributed by atoms with E-state index in [2.05, 4.69) is 55.7 Å². The summed E-state index contributed by atoms with van der Waals surface area (Å²) in [5.74, 6) is 0.397. The Morgan fingerprint density at radius 3 is 2.46 bits per heavy atom. The van der Waals surface area contributed by atoms with Gasteiger partial charge in [0.25, 0.3) is 0 Å². The number of unbranched alkanes of at least 4 members (excludes halogenated alkanes) is 2. The van der Waals surface area contributed by atoms with Crippen LogP contribution in [0.25, 0.3) is 12.2 Å². The molecule has 3 heteroatoms. The molecule has 2 rings (SSSR count). The van der Waals surface area contributed by atoms with E-state index in [9.17, 15) is 4.79 Å². The molecule has 0 unspecified atom stereocenters. The van der Waals surface area contributed by atoms with E-state index in [4.69, 9.17) is 9.47 Å². The van der Waals surface area contributed by atoms with E-state index in [1.807, 2.05) is 6.08 Å². The zero-order chi connectivity index (χ0) is 18.6. The SMILES string of the molecule is C=CC(=O)OCCCCCO/C(C=C)=C/C=C1/C=c2ccccc2=CC1. The second kappa shape index (κ2) is 10.9. The first-order valence-corrected chi connectivity index (χ1v) is 8.95. The second-order valence-corrected chi connectivity index (χ2v) is 5.98. The van der Waals surface area contributed by atoms with Gasteiger partial charge in [-0.3, -0.25) is 0 Å². The van der Waals surface area contributed by atoms with Gasteiger partial charge in [0.1, 0.15) is 5.76 Å². The Balaban J connectivity index is 1.76. The molecule has 136 valence electrons. The fraction of sp³-hybridized carbons (Fsp3) is 0.261. The Labute approximate surface area is 155 Å². The molecular weight excluding hydrogens is 324 g/mol. The lowest BCUT2D eigenvalue weighted by atomic mass is 10.0. The van der Waals surface area contributed by atoms with E-state index in [0.29, 0.717) is 13.2 Å². The average Bonchev–Trinajstić information content (AvgIpc) is 2.69. The van der Waals surface area contributed by atoms with Gasteiger partial charge in [-0.05, 0) is 53.8 Å². The molecule has 0 spiro atoms. The summed E-state index contributed by atoms with van der Waals surface area (Å²) in [5, 5.41) is 2.53. The molecule has 0 saturated carbocycles. The number of hydrogen-bond donors (Lipinski definition) is 0. The summed E-state index contributed by atoms with van der Waals surface area (Å²) in [4.78, 5) is 10.9. The van der Waals surface area contributed by atoms with Crippen molar-refractivity contribution in [3.8, 4) is 0 Å². The van der Waals surface area contributed by atoms with Gasteiger partial charge in [-0.15, -0.1) is 0 Å². The first-order chi connectivity index (χ1) is 12.7. The summed E-state index contributed by atoms with van der Waals surface area (Å²) < 4.78 is 10.7. The molecule has 0 fully saturated rings. The zero-order valence-electron chi connectivity index (χ0n) is 15.2. The summed E-state index contributed by atoms with van der Waals surface area (Å²) >= 11 is 0. The third-order valence-electron chi connectivity index (χ3n) is 4.03. The summed E-state index contributed by atoms with van der Waals surface area (Å²) in [5.41, 5.74) is 1.25. The van der Waals surface area contributed by atoms with Gasteiger partial charge < -0.3 is 9.47 Å². The van der Waals surface area contributed by atoms with Gasteiger partial charge in [0.15, 0.2) is 0 Å². The maximum atomic E-state index is 10.9. The highest BCUT2D eigenvalue weighted by Crippen LogP contribution is 2.10. The standard InChI is InChI=1S/C23H26O3/c1-3-22(25-16-8-5-9-17-26-23(24)4-2)15-13-19-12-14-20-10-6-7-11-21(20)18-19/h3-4,6-7,10-11,13-15,18H,1-2,5,8-9,12,16-17H2/b19-13+,22-15+. The molecule has 1 aromatic rings. The second-order valence-electron chi connectivity index (χ2n) is 5.98. The molecule has 26 heavy (non-hydrogen) atoms. The maximum Gasteiger partial charge on any atom is 0.330 e. The van der Waals surface area contributed by atoms with Crippen molar-refractivity contribution in [2.75, 3.05) is 13.2 Å². The number of fused-ring (bicyclic) bond motifs is 1. The number of benzene rings is 1. The zero-order valence-corrected chi connectivity index (χ0v) is 15.2. The Hall–Kier alpha value is -2.81. The maximum absolute atomic E-state index is 10.9. The van der Waals surface area contributed by atoms with Crippen molar-refractivity contribution in [1.82, 2.24) is 0 Å². The van der Waals surface area contributed by atoms with Crippen LogP contribution in [0.3, 0.4) is 0 Å². The highest BCUT2D eigenvalue weighted by molar-refractivity contribution is 5.81. The molecule has 1 aliphatic carbocycles. The quantitative estimate of drug-likeness (QED) is 0.213. The highest BCUT2D eigenvalue weighted by Gasteiger charge is 1.99. The lowest BCUT2D eigenvalue weighted by Gasteiger charge is -2.07. The van der Waals surface area contributed by atoms with Crippen LogP contribution in [0.1, 0.15) is 25.7 Å². The first-order valence-electron chi connectivity index (χ1n) is 8.95. The highest BCUT2D eigenvalue weighted by atomic mass is 16.5. The number of allylic oxidation sites excluding steroid dienone is 4. The molecule has 1 aliphatic rings. The molecule has 0 aromatic heterocycles. The molecule has 0 amide bonds. The summed E-state index contributed by atoms with van der Waals surface area (Å²) in [6.45, 7) is 8.22. The van der Waals surface area contributed by atoms with E-state index in [1.54, 1.807) is 6.08 Å². The van der Waals surface area contributed by atoms with E-state index in [1.165, 1.54) is 22.1 Å². The summed E-state index contributed by atoms with van der Waals surface area (Å²) in [6.07, 6.45) is 15.0. The van der Waals surface area contributed by atoms with Gasteiger partial charge in [-0.2, -0.15) is 0 Å². The van der Waals surface area contributed by atoms with Crippen LogP contribution in [0.2, 0.25) is 0 Å². The van der Waals surface area contributed by atoms with Crippen LogP contribution >= 0.6 is 0 Å². The third kappa shape index (κ3) is 6.60. The van der Waals surface area contributed by atoms with E-state index in [-0.39, 0.29) is 5.97 Å². The Bertz CT molecular complexity index is 812. The largest absolute Gasteiger partial charge is 0.494 e. The van der Waals surface area contributed by atoms with Crippen molar-refractivity contribution in [1.29, 1.82) is 0 Å². The van der Waals surface area contributed by atoms with Crippen LogP contribution < -0.4 is 10.4 Å². The normalized spacial score (nSPS) is 14.6. The minimum absolute atomic E-state index is 0.370. The number of rotatable bonds is 10. The van der Waals surface area contributed by atoms with Gasteiger partial charge in [0.05, 0.1) is 13.2 Å². The molecule has 1 aromatic carbocycles. The van der Waals surface area contributed by atoms with Crippen molar-refractivity contribution in [2.24, 2.45) is 0 Å². The lowest BCUT2D eigenvalue weighted by molar-refractivity contribution is -0.137. The molecule has 0 bridgehead atoms. The minimum Gasteiger partial charge on any atom is -0.494 e. The molecule has 0 heterocycles. The molecule has 0 atom stereocenters. The smallest absolute Gasteiger partial charge is 0.330 e. The predicted molar refractivity (Wildman–Crippen MR) is 107 cm³/mol. The van der Waals surface area contributed by atoms with Gasteiger partial charge in [0, 0.05) is 6.08 Å². The van der Waals surface area contributed by atoms with Crippen LogP contribution in [0.5, 0.6) is 0 Å². The molecule has 0 N–H and O–H groups in total. The molecule has 0 saturated heterocycles. The van der Waals surface area contributed by atoms with Gasteiger partial charge >= 0.3 is 5.97 Å². The van der Waals surface area contributed by atoms with Crippen LogP contribution in [0, 0.1) is 0 Å². The van der Waals surface area contributed by atoms with Crippen molar-refractivity contribution < 1.29 is 14.3 Å². The number of ether oxygens (including phenoxy) is 2. The number of hydrogen-bond acceptors (Lipinski definition) is 3. The van der Waals surface area contributed by atoms with Gasteiger partial charge in [0.2, 0.25) is 0 Å². The molecule has 0 aliphatic heterocycles. The number of esters is 1. The Morgan fingerprint density at radius 1 is 1.00 bits per heavy atom. The van der Waals surface area contributed by atoms with Crippen LogP contribution in [-0.4, -0.2) is 19.2 Å². The predicted octanol–water partition coefficient (Wildman–Crippen LogP) is 3.56. The monoisotopic (exact) mass is 350 g/mol. The third-order valence-corrected chi connectivity index (χ3v) is 4.03. The molecule has 3 nitrogen and oxygen atoms in total. The van der Waals surface area contributed by atoms with Crippen LogP contribution in [0.15, 0.2) is 73.1 Å². The Morgan fingerprint density at radius 2 is 1.73 bits per heavy atom. The average molecular weight is 350 g/mol. The Kier molecular flexibility index (Phi) is 8.20. The fourth-order valence-electron chi connectivity index (χ4n) is 2.60. The van der Waals surface area contributed by atoms with Crippen LogP contribution in [-0.2, 0) is 14.3 Å². The van der Waals surface area contributed by atoms with Crippen molar-refractivity contribution in [3.63, 3.8) is 0 Å². The van der Waals surface area contributed by atoms with Crippen molar-refractivity contribution in [2.45, 2.75) is 25.7 Å². The van der Waals surface area contributed by atoms with Crippen molar-refractivity contribution >= 4 is 18.1 Å². The molecular formula is C23H26O3. The number of carbonyl (C=O) groups is 1. The minimum atomic E-state index is -0.370. The summed E-state index contributed by atoms with van der Waals surface area (Å²) in [7, 11) is 0. The van der Waals surface area contributed by atoms with E-state index < -0.39 is 0 Å². The lowest BCUT2D eigenvalue weighted by Crippen LogP contribution is -2.26.